The van der Waals surface area contributed by atoms with Crippen LogP contribution in [0, 0.1) is 5.41 Å². The molecule has 0 radical (unpaired) electrons. The van der Waals surface area contributed by atoms with Gasteiger partial charge in [0, 0.05) is 6.04 Å². The van der Waals surface area contributed by atoms with E-state index in [2.05, 4.69) is 27.7 Å². The second-order valence-electron chi connectivity index (χ2n) is 5.37. The Morgan fingerprint density at radius 2 is 2.07 bits per heavy atom. The summed E-state index contributed by atoms with van der Waals surface area (Å²) >= 11 is 0. The van der Waals surface area contributed by atoms with Crippen LogP contribution in [0.25, 0.3) is 0 Å². The molecule has 0 fully saturated rings. The van der Waals surface area contributed by atoms with E-state index in [-0.39, 0.29) is 0 Å². The lowest BCUT2D eigenvalue weighted by Gasteiger charge is -2.35. The third-order valence-corrected chi connectivity index (χ3v) is 3.68. The van der Waals surface area contributed by atoms with Gasteiger partial charge in [0.2, 0.25) is 0 Å². The molecule has 0 spiro atoms. The van der Waals surface area contributed by atoms with E-state index < -0.39 is 0 Å². The molecule has 0 heterocycles. The molecule has 0 aromatic rings. The molecule has 1 aliphatic carbocycles. The molecule has 0 saturated heterocycles. The molecule has 14 heavy (non-hydrogen) atoms. The fraction of sp³-hybridized carbons (Fsp3) is 0.846. The molecule has 1 unspecified atom stereocenters. The van der Waals surface area contributed by atoms with Gasteiger partial charge >= 0.3 is 0 Å². The van der Waals surface area contributed by atoms with Crippen molar-refractivity contribution in [2.24, 2.45) is 11.1 Å². The van der Waals surface area contributed by atoms with E-state index in [9.17, 15) is 0 Å². The Hall–Kier alpha value is -0.300. The van der Waals surface area contributed by atoms with Crippen LogP contribution in [0.4, 0.5) is 0 Å². The number of rotatable bonds is 3. The van der Waals surface area contributed by atoms with Crippen LogP contribution < -0.4 is 5.73 Å². The van der Waals surface area contributed by atoms with Crippen LogP contribution in [-0.2, 0) is 0 Å². The van der Waals surface area contributed by atoms with Crippen molar-refractivity contribution in [2.75, 3.05) is 0 Å². The Morgan fingerprint density at radius 1 is 1.43 bits per heavy atom. The summed E-state index contributed by atoms with van der Waals surface area (Å²) in [7, 11) is 0. The summed E-state index contributed by atoms with van der Waals surface area (Å²) in [4.78, 5) is 0. The summed E-state index contributed by atoms with van der Waals surface area (Å²) in [6.07, 6.45) is 6.16. The highest BCUT2D eigenvalue weighted by atomic mass is 14.6. The monoisotopic (exact) mass is 195 g/mol. The predicted molar refractivity (Wildman–Crippen MR) is 63.2 cm³/mol. The van der Waals surface area contributed by atoms with Crippen LogP contribution in [0.1, 0.15) is 59.8 Å². The van der Waals surface area contributed by atoms with Crippen molar-refractivity contribution < 1.29 is 0 Å². The van der Waals surface area contributed by atoms with Crippen molar-refractivity contribution in [3.63, 3.8) is 0 Å². The first-order valence-corrected chi connectivity index (χ1v) is 5.92. The van der Waals surface area contributed by atoms with Crippen molar-refractivity contribution in [1.29, 1.82) is 0 Å². The van der Waals surface area contributed by atoms with Crippen LogP contribution >= 0.6 is 0 Å². The fourth-order valence-electron chi connectivity index (χ4n) is 2.53. The summed E-state index contributed by atoms with van der Waals surface area (Å²) in [5, 5.41) is 0. The second-order valence-corrected chi connectivity index (χ2v) is 5.37. The van der Waals surface area contributed by atoms with E-state index in [1.54, 1.807) is 11.1 Å². The van der Waals surface area contributed by atoms with Crippen LogP contribution in [0.2, 0.25) is 0 Å². The van der Waals surface area contributed by atoms with Gasteiger partial charge in [-0.15, -0.1) is 0 Å². The third-order valence-electron chi connectivity index (χ3n) is 3.68. The average Bonchev–Trinajstić information content (AvgIpc) is 2.11. The molecule has 1 rings (SSSR count). The summed E-state index contributed by atoms with van der Waals surface area (Å²) < 4.78 is 0. The van der Waals surface area contributed by atoms with Gasteiger partial charge in [0.15, 0.2) is 0 Å². The minimum absolute atomic E-state index is 0.359. The number of allylic oxidation sites excluding steroid dienone is 1. The van der Waals surface area contributed by atoms with Crippen molar-refractivity contribution in [3.8, 4) is 0 Å². The summed E-state index contributed by atoms with van der Waals surface area (Å²) in [5.74, 6) is 0. The molecule has 0 aromatic heterocycles. The molecule has 2 N–H and O–H groups in total. The molecule has 0 bridgehead atoms. The normalized spacial score (nSPS) is 23.8. The van der Waals surface area contributed by atoms with Gasteiger partial charge in [0.05, 0.1) is 0 Å². The number of hydrogen-bond donors (Lipinski definition) is 1. The molecule has 0 aromatic carbocycles. The first-order valence-electron chi connectivity index (χ1n) is 5.92. The zero-order chi connectivity index (χ0) is 10.8. The minimum Gasteiger partial charge on any atom is -0.327 e. The van der Waals surface area contributed by atoms with Gasteiger partial charge in [0.1, 0.15) is 0 Å². The van der Waals surface area contributed by atoms with Gasteiger partial charge in [-0.25, -0.2) is 0 Å². The first kappa shape index (κ1) is 11.8. The Bertz CT molecular complexity index is 225. The maximum atomic E-state index is 6.05. The van der Waals surface area contributed by atoms with Crippen molar-refractivity contribution >= 4 is 0 Å². The largest absolute Gasteiger partial charge is 0.327 e. The Morgan fingerprint density at radius 3 is 2.57 bits per heavy atom. The average molecular weight is 195 g/mol. The molecule has 1 heteroatoms. The summed E-state index contributed by atoms with van der Waals surface area (Å²) in [5.41, 5.74) is 9.69. The standard InChI is InChI=1S/C13H25N/c1-5-11(14)9-12-10(2)7-6-8-13(12,3)4/h11H,5-9,14H2,1-4H3. The van der Waals surface area contributed by atoms with Crippen molar-refractivity contribution in [1.82, 2.24) is 0 Å². The van der Waals surface area contributed by atoms with E-state index in [0.717, 1.165) is 12.8 Å². The van der Waals surface area contributed by atoms with E-state index in [0.29, 0.717) is 11.5 Å². The highest BCUT2D eigenvalue weighted by Gasteiger charge is 2.28. The van der Waals surface area contributed by atoms with E-state index in [1.807, 2.05) is 0 Å². The maximum Gasteiger partial charge on any atom is 0.00737 e. The fourth-order valence-corrected chi connectivity index (χ4v) is 2.53. The molecule has 0 amide bonds. The van der Waals surface area contributed by atoms with Crippen molar-refractivity contribution in [2.45, 2.75) is 65.8 Å². The Labute approximate surface area is 88.8 Å². The smallest absolute Gasteiger partial charge is 0.00737 e. The molecule has 82 valence electrons. The summed E-state index contributed by atoms with van der Waals surface area (Å²) in [6, 6.07) is 0.359. The third kappa shape index (κ3) is 2.60. The van der Waals surface area contributed by atoms with Crippen LogP contribution in [-0.4, -0.2) is 6.04 Å². The molecular weight excluding hydrogens is 170 g/mol. The number of nitrogens with two attached hydrogens (primary N) is 1. The minimum atomic E-state index is 0.359. The van der Waals surface area contributed by atoms with E-state index >= 15 is 0 Å². The van der Waals surface area contributed by atoms with Crippen LogP contribution in [0.15, 0.2) is 11.1 Å². The topological polar surface area (TPSA) is 26.0 Å². The van der Waals surface area contributed by atoms with Gasteiger partial charge < -0.3 is 5.73 Å². The molecule has 1 aliphatic rings. The Balaban J connectivity index is 2.80. The van der Waals surface area contributed by atoms with Crippen molar-refractivity contribution in [3.05, 3.63) is 11.1 Å². The van der Waals surface area contributed by atoms with Gasteiger partial charge in [0.25, 0.3) is 0 Å². The van der Waals surface area contributed by atoms with Gasteiger partial charge in [-0.3, -0.25) is 0 Å². The van der Waals surface area contributed by atoms with Gasteiger partial charge in [-0.05, 0) is 44.4 Å². The van der Waals surface area contributed by atoms with Crippen LogP contribution in [0.5, 0.6) is 0 Å². The summed E-state index contributed by atoms with van der Waals surface area (Å²) in [6.45, 7) is 9.20. The first-order chi connectivity index (χ1) is 6.47. The van der Waals surface area contributed by atoms with Crippen LogP contribution in [0.3, 0.4) is 0 Å². The number of hydrogen-bond acceptors (Lipinski definition) is 1. The molecule has 1 nitrogen and oxygen atoms in total. The Kier molecular flexibility index (Phi) is 3.77. The molecule has 0 saturated carbocycles. The van der Waals surface area contributed by atoms with E-state index in [4.69, 9.17) is 5.73 Å². The van der Waals surface area contributed by atoms with E-state index in [1.165, 1.54) is 19.3 Å². The SMILES string of the molecule is CCC(N)CC1=C(C)CCCC1(C)C. The molecule has 1 atom stereocenters. The second kappa shape index (κ2) is 4.48. The maximum absolute atomic E-state index is 6.05. The molecule has 0 aliphatic heterocycles. The lowest BCUT2D eigenvalue weighted by atomic mass is 9.70. The quantitative estimate of drug-likeness (QED) is 0.684. The lowest BCUT2D eigenvalue weighted by Crippen LogP contribution is -2.27. The van der Waals surface area contributed by atoms with Gasteiger partial charge in [-0.1, -0.05) is 31.9 Å². The zero-order valence-electron chi connectivity index (χ0n) is 10.2. The molecular formula is C13H25N. The highest BCUT2D eigenvalue weighted by molar-refractivity contribution is 5.23. The lowest BCUT2D eigenvalue weighted by molar-refractivity contribution is 0.346. The van der Waals surface area contributed by atoms with Gasteiger partial charge in [-0.2, -0.15) is 0 Å². The highest BCUT2D eigenvalue weighted by Crippen LogP contribution is 2.42. The zero-order valence-corrected chi connectivity index (χ0v) is 10.2. The predicted octanol–water partition coefficient (Wildman–Crippen LogP) is 3.64.